The first-order valence-corrected chi connectivity index (χ1v) is 10.2. The smallest absolute Gasteiger partial charge is 0.230 e. The van der Waals surface area contributed by atoms with E-state index in [4.69, 9.17) is 0 Å². The summed E-state index contributed by atoms with van der Waals surface area (Å²) in [6, 6.07) is 11.3. The molecule has 2 aliphatic rings. The number of amides is 1. The van der Waals surface area contributed by atoms with Crippen LogP contribution in [-0.4, -0.2) is 55.9 Å². The summed E-state index contributed by atoms with van der Waals surface area (Å²) in [4.78, 5) is 14.7. The number of hydrogen-bond donors (Lipinski definition) is 1. The summed E-state index contributed by atoms with van der Waals surface area (Å²) < 4.78 is 1.85. The summed E-state index contributed by atoms with van der Waals surface area (Å²) >= 11 is 1.43. The number of aromatic nitrogens is 4. The van der Waals surface area contributed by atoms with Gasteiger partial charge in [-0.05, 0) is 41.7 Å². The molecule has 26 heavy (non-hydrogen) atoms. The Morgan fingerprint density at radius 3 is 2.65 bits per heavy atom. The highest BCUT2D eigenvalue weighted by Crippen LogP contribution is 2.36. The highest BCUT2D eigenvalue weighted by molar-refractivity contribution is 7.99. The molecule has 1 N–H and O–H groups in total. The summed E-state index contributed by atoms with van der Waals surface area (Å²) in [5.41, 5.74) is 1.35. The van der Waals surface area contributed by atoms with E-state index in [-0.39, 0.29) is 11.9 Å². The third-order valence-corrected chi connectivity index (χ3v) is 5.82. The maximum Gasteiger partial charge on any atom is 0.230 e. The molecule has 1 saturated heterocycles. The molecule has 0 unspecified atom stereocenters. The molecular formula is C18H24N6OS. The number of benzene rings is 1. The Hall–Kier alpha value is -1.93. The van der Waals surface area contributed by atoms with E-state index in [0.29, 0.717) is 11.8 Å². The molecule has 1 aromatic carbocycles. The fourth-order valence-corrected chi connectivity index (χ4v) is 4.06. The third kappa shape index (κ3) is 4.62. The van der Waals surface area contributed by atoms with Crippen LogP contribution < -0.4 is 5.32 Å². The van der Waals surface area contributed by atoms with Gasteiger partial charge < -0.3 is 5.32 Å². The number of piperidine rings is 1. The second kappa shape index (κ2) is 8.18. The third-order valence-electron chi connectivity index (χ3n) is 4.89. The molecule has 1 aliphatic carbocycles. The van der Waals surface area contributed by atoms with Crippen molar-refractivity contribution in [1.29, 1.82) is 0 Å². The van der Waals surface area contributed by atoms with E-state index in [1.165, 1.54) is 17.3 Å². The van der Waals surface area contributed by atoms with Gasteiger partial charge in [0, 0.05) is 25.7 Å². The second-order valence-corrected chi connectivity index (χ2v) is 7.97. The zero-order valence-electron chi connectivity index (χ0n) is 14.8. The van der Waals surface area contributed by atoms with Gasteiger partial charge in [0.1, 0.15) is 0 Å². The maximum absolute atomic E-state index is 12.3. The first-order chi connectivity index (χ1) is 12.8. The Morgan fingerprint density at radius 2 is 1.92 bits per heavy atom. The molecule has 0 bridgehead atoms. The van der Waals surface area contributed by atoms with Crippen LogP contribution in [0.15, 0.2) is 35.5 Å². The van der Waals surface area contributed by atoms with Crippen molar-refractivity contribution in [3.8, 4) is 0 Å². The molecule has 7 nitrogen and oxygen atoms in total. The molecule has 0 radical (unpaired) electrons. The molecule has 0 spiro atoms. The first kappa shape index (κ1) is 17.5. The van der Waals surface area contributed by atoms with Crippen LogP contribution in [0.4, 0.5) is 0 Å². The number of hydrogen-bond acceptors (Lipinski definition) is 6. The number of thioether (sulfide) groups is 1. The summed E-state index contributed by atoms with van der Waals surface area (Å²) in [6.45, 7) is 3.03. The van der Waals surface area contributed by atoms with Crippen LogP contribution in [0, 0.1) is 0 Å². The van der Waals surface area contributed by atoms with E-state index in [2.05, 4.69) is 50.0 Å². The van der Waals surface area contributed by atoms with Gasteiger partial charge in [0.2, 0.25) is 11.1 Å². The van der Waals surface area contributed by atoms with Crippen molar-refractivity contribution in [1.82, 2.24) is 30.4 Å². The number of nitrogens with one attached hydrogen (secondary N) is 1. The molecule has 2 aromatic rings. The lowest BCUT2D eigenvalue weighted by Gasteiger charge is -2.32. The quantitative estimate of drug-likeness (QED) is 0.748. The number of nitrogens with zero attached hydrogens (tertiary/aromatic N) is 5. The average Bonchev–Trinajstić information content (AvgIpc) is 3.40. The number of likely N-dealkylation sites (tertiary alicyclic amines) is 1. The molecule has 4 rings (SSSR count). The van der Waals surface area contributed by atoms with Crippen molar-refractivity contribution in [3.05, 3.63) is 35.9 Å². The van der Waals surface area contributed by atoms with Gasteiger partial charge in [-0.1, -0.05) is 42.1 Å². The van der Waals surface area contributed by atoms with Crippen LogP contribution in [0.3, 0.4) is 0 Å². The van der Waals surface area contributed by atoms with Gasteiger partial charge in [-0.25, -0.2) is 4.68 Å². The van der Waals surface area contributed by atoms with Crippen molar-refractivity contribution in [2.75, 3.05) is 18.8 Å². The van der Waals surface area contributed by atoms with E-state index in [1.54, 1.807) is 0 Å². The molecule has 1 aromatic heterocycles. The second-order valence-electron chi connectivity index (χ2n) is 7.03. The van der Waals surface area contributed by atoms with Crippen LogP contribution in [0.5, 0.6) is 0 Å². The van der Waals surface area contributed by atoms with Gasteiger partial charge in [0.15, 0.2) is 0 Å². The Bertz CT molecular complexity index is 724. The summed E-state index contributed by atoms with van der Waals surface area (Å²) in [5.74, 6) is 0.444. The van der Waals surface area contributed by atoms with Crippen LogP contribution in [0.1, 0.15) is 37.3 Å². The zero-order valence-corrected chi connectivity index (χ0v) is 15.6. The molecule has 1 saturated carbocycles. The van der Waals surface area contributed by atoms with Crippen molar-refractivity contribution < 1.29 is 4.79 Å². The van der Waals surface area contributed by atoms with E-state index >= 15 is 0 Å². The van der Waals surface area contributed by atoms with Gasteiger partial charge in [-0.15, -0.1) is 5.10 Å². The van der Waals surface area contributed by atoms with Crippen molar-refractivity contribution in [2.45, 2.75) is 49.5 Å². The highest BCUT2D eigenvalue weighted by atomic mass is 32.2. The van der Waals surface area contributed by atoms with Crippen LogP contribution in [-0.2, 0) is 11.3 Å². The Labute approximate surface area is 157 Å². The number of rotatable bonds is 7. The predicted octanol–water partition coefficient (Wildman–Crippen LogP) is 1.88. The molecule has 1 aliphatic heterocycles. The van der Waals surface area contributed by atoms with Crippen LogP contribution in [0.25, 0.3) is 0 Å². The Morgan fingerprint density at radius 1 is 1.15 bits per heavy atom. The molecule has 1 amide bonds. The number of carbonyl (C=O) groups excluding carboxylic acids is 1. The Balaban J connectivity index is 1.18. The lowest BCUT2D eigenvalue weighted by molar-refractivity contribution is -0.119. The SMILES string of the molecule is O=C(CSc1nnnn1C1CC1)NC1CCN(Cc2ccccc2)CC1. The zero-order chi connectivity index (χ0) is 17.8. The van der Waals surface area contributed by atoms with E-state index in [0.717, 1.165) is 50.5 Å². The van der Waals surface area contributed by atoms with Gasteiger partial charge in [0.25, 0.3) is 0 Å². The van der Waals surface area contributed by atoms with Crippen molar-refractivity contribution >= 4 is 17.7 Å². The molecule has 138 valence electrons. The van der Waals surface area contributed by atoms with E-state index in [1.807, 2.05) is 10.7 Å². The van der Waals surface area contributed by atoms with Crippen molar-refractivity contribution in [3.63, 3.8) is 0 Å². The molecule has 2 heterocycles. The first-order valence-electron chi connectivity index (χ1n) is 9.24. The normalized spacial score (nSPS) is 18.8. The fraction of sp³-hybridized carbons (Fsp3) is 0.556. The number of carbonyl (C=O) groups is 1. The highest BCUT2D eigenvalue weighted by Gasteiger charge is 2.28. The van der Waals surface area contributed by atoms with Gasteiger partial charge in [0.05, 0.1) is 11.8 Å². The largest absolute Gasteiger partial charge is 0.353 e. The lowest BCUT2D eigenvalue weighted by atomic mass is 10.0. The average molecular weight is 372 g/mol. The van der Waals surface area contributed by atoms with E-state index in [9.17, 15) is 4.79 Å². The summed E-state index contributed by atoms with van der Waals surface area (Å²) in [6.07, 6.45) is 4.27. The summed E-state index contributed by atoms with van der Waals surface area (Å²) in [7, 11) is 0. The van der Waals surface area contributed by atoms with Crippen LogP contribution in [0.2, 0.25) is 0 Å². The number of tetrazole rings is 1. The maximum atomic E-state index is 12.3. The summed E-state index contributed by atoms with van der Waals surface area (Å²) in [5, 5.41) is 15.7. The molecular weight excluding hydrogens is 348 g/mol. The topological polar surface area (TPSA) is 75.9 Å². The van der Waals surface area contributed by atoms with E-state index < -0.39 is 0 Å². The fourth-order valence-electron chi connectivity index (χ4n) is 3.31. The molecule has 2 fully saturated rings. The van der Waals surface area contributed by atoms with Crippen molar-refractivity contribution in [2.24, 2.45) is 0 Å². The van der Waals surface area contributed by atoms with Gasteiger partial charge in [-0.2, -0.15) is 0 Å². The molecule has 0 atom stereocenters. The van der Waals surface area contributed by atoms with Gasteiger partial charge >= 0.3 is 0 Å². The minimum Gasteiger partial charge on any atom is -0.353 e. The molecule has 8 heteroatoms. The Kier molecular flexibility index (Phi) is 5.50. The standard InChI is InChI=1S/C18H24N6OS/c25-17(13-26-18-20-21-22-24(18)16-6-7-16)19-15-8-10-23(11-9-15)12-14-4-2-1-3-5-14/h1-5,15-16H,6-13H2,(H,19,25). The monoisotopic (exact) mass is 372 g/mol. The minimum atomic E-state index is 0.0712. The van der Waals surface area contributed by atoms with Crippen LogP contribution >= 0.6 is 11.8 Å². The predicted molar refractivity (Wildman–Crippen MR) is 99.7 cm³/mol. The lowest BCUT2D eigenvalue weighted by Crippen LogP contribution is -2.44. The minimum absolute atomic E-state index is 0.0712. The van der Waals surface area contributed by atoms with Gasteiger partial charge in [-0.3, -0.25) is 9.69 Å².